The minimum absolute atomic E-state index is 0.0194. The summed E-state index contributed by atoms with van der Waals surface area (Å²) in [5, 5.41) is 10.5. The van der Waals surface area contributed by atoms with Crippen LogP contribution >= 0.6 is 0 Å². The number of carbonyl (C=O) groups excluding carboxylic acids is 4. The Labute approximate surface area is 266 Å². The molecule has 0 radical (unpaired) electrons. The number of aryl methyl sites for hydroxylation is 2. The Balaban J connectivity index is 1.51. The van der Waals surface area contributed by atoms with E-state index in [4.69, 9.17) is 0 Å². The number of alkyl halides is 6. The molecule has 0 unspecified atom stereocenters. The second-order valence-electron chi connectivity index (χ2n) is 13.4. The van der Waals surface area contributed by atoms with Crippen molar-refractivity contribution in [2.45, 2.75) is 65.7 Å². The maximum atomic E-state index is 14.1. The van der Waals surface area contributed by atoms with Crippen LogP contribution in [0, 0.1) is 42.9 Å². The highest BCUT2D eigenvalue weighted by atomic mass is 19.4. The molecule has 47 heavy (non-hydrogen) atoms. The minimum Gasteiger partial charge on any atom is -0.507 e. The third-order valence-electron chi connectivity index (χ3n) is 10.8. The summed E-state index contributed by atoms with van der Waals surface area (Å²) < 4.78 is 82.2. The van der Waals surface area contributed by atoms with Gasteiger partial charge in [-0.2, -0.15) is 26.3 Å². The zero-order chi connectivity index (χ0) is 34.7. The molecule has 6 rings (SSSR count). The van der Waals surface area contributed by atoms with E-state index in [2.05, 4.69) is 0 Å². The van der Waals surface area contributed by atoms with Crippen molar-refractivity contribution >= 4 is 29.1 Å². The summed E-state index contributed by atoms with van der Waals surface area (Å²) in [6.45, 7) is 8.20. The maximum Gasteiger partial charge on any atom is 0.416 e. The highest BCUT2D eigenvalue weighted by molar-refractivity contribution is 6.23. The highest BCUT2D eigenvalue weighted by Gasteiger charge is 2.64. The van der Waals surface area contributed by atoms with Crippen LogP contribution in [0.1, 0.15) is 67.3 Å². The first-order valence-electron chi connectivity index (χ1n) is 15.1. The number of amides is 2. The molecule has 1 aliphatic heterocycles. The lowest BCUT2D eigenvalue weighted by Crippen LogP contribution is -2.55. The summed E-state index contributed by atoms with van der Waals surface area (Å²) in [6.07, 6.45) is -8.72. The summed E-state index contributed by atoms with van der Waals surface area (Å²) in [4.78, 5) is 56.3. The Hall–Kier alpha value is -4.22. The third kappa shape index (κ3) is 4.69. The van der Waals surface area contributed by atoms with Gasteiger partial charge in [-0.3, -0.25) is 19.2 Å². The Bertz CT molecular complexity index is 1800. The molecule has 6 atom stereocenters. The van der Waals surface area contributed by atoms with E-state index in [0.29, 0.717) is 44.9 Å². The number of ketones is 2. The van der Waals surface area contributed by atoms with Crippen molar-refractivity contribution in [3.63, 3.8) is 0 Å². The molecule has 2 aromatic rings. The molecule has 248 valence electrons. The second kappa shape index (κ2) is 10.4. The van der Waals surface area contributed by atoms with E-state index in [9.17, 15) is 50.6 Å². The summed E-state index contributed by atoms with van der Waals surface area (Å²) in [7, 11) is 0. The second-order valence-corrected chi connectivity index (χ2v) is 13.4. The first kappa shape index (κ1) is 32.7. The molecule has 2 aromatic carbocycles. The number of halogens is 6. The van der Waals surface area contributed by atoms with Crippen molar-refractivity contribution in [3.05, 3.63) is 80.9 Å². The lowest BCUT2D eigenvalue weighted by molar-refractivity contribution is -0.143. The number of benzene rings is 2. The SMILES string of the molecule is CC1=C(C)C(=O)[C@@]2(C)[C@@H](c3cc(C)c(O)c(C)c3)C3=CC[C@@H]4C(=O)N(c5cc(C(F)(F)F)cc(C(F)(F)F)c5)C(=O)[C@@H]4[C@@H]3C[C@H]2C1=O. The van der Waals surface area contributed by atoms with Crippen LogP contribution in [0.5, 0.6) is 5.75 Å². The molecule has 6 nitrogen and oxygen atoms in total. The van der Waals surface area contributed by atoms with Crippen molar-refractivity contribution in [3.8, 4) is 5.75 Å². The van der Waals surface area contributed by atoms with E-state index in [1.807, 2.05) is 0 Å². The van der Waals surface area contributed by atoms with Gasteiger partial charge >= 0.3 is 12.4 Å². The van der Waals surface area contributed by atoms with E-state index < -0.39 is 76.0 Å². The third-order valence-corrected chi connectivity index (χ3v) is 10.8. The van der Waals surface area contributed by atoms with Crippen LogP contribution in [0.25, 0.3) is 0 Å². The standard InChI is InChI=1S/C35H31F6NO5/c1-14-8-18(9-15(2)28(14)43)27-22-6-7-23-26(24(22)13-25-29(44)16(3)17(4)30(45)33(25,27)5)32(47)42(31(23)46)21-11-19(34(36,37)38)10-20(12-21)35(39,40)41/h6,8-12,23-27,43H,7,13H2,1-5H3/t23-,24+,25-,26-,27-,33+/m0/s1. The number of hydrogen-bond donors (Lipinski definition) is 1. The number of nitrogens with zero attached hydrogens (tertiary/aromatic N) is 1. The lowest BCUT2D eigenvalue weighted by Gasteiger charge is -2.54. The predicted octanol–water partition coefficient (Wildman–Crippen LogP) is 7.40. The summed E-state index contributed by atoms with van der Waals surface area (Å²) >= 11 is 0. The van der Waals surface area contributed by atoms with Crippen LogP contribution in [0.4, 0.5) is 32.0 Å². The number of hydrogen-bond acceptors (Lipinski definition) is 5. The fourth-order valence-electron chi connectivity index (χ4n) is 8.44. The number of carbonyl (C=O) groups is 4. The first-order valence-corrected chi connectivity index (χ1v) is 15.1. The van der Waals surface area contributed by atoms with Crippen molar-refractivity contribution in [2.75, 3.05) is 4.90 Å². The molecule has 2 amide bonds. The van der Waals surface area contributed by atoms with Crippen LogP contribution < -0.4 is 4.90 Å². The lowest BCUT2D eigenvalue weighted by atomic mass is 9.46. The van der Waals surface area contributed by atoms with E-state index >= 15 is 0 Å². The number of phenols is 1. The van der Waals surface area contributed by atoms with Gasteiger partial charge in [0.15, 0.2) is 11.6 Å². The molecule has 12 heteroatoms. The van der Waals surface area contributed by atoms with E-state index in [0.717, 1.165) is 0 Å². The molecule has 1 heterocycles. The van der Waals surface area contributed by atoms with E-state index in [-0.39, 0.29) is 41.8 Å². The molecule has 1 N–H and O–H groups in total. The smallest absolute Gasteiger partial charge is 0.416 e. The first-order chi connectivity index (χ1) is 21.7. The van der Waals surface area contributed by atoms with Gasteiger partial charge in [0.25, 0.3) is 0 Å². The number of aromatic hydroxyl groups is 1. The minimum atomic E-state index is -5.19. The average molecular weight is 660 g/mol. The van der Waals surface area contributed by atoms with Crippen LogP contribution in [0.2, 0.25) is 0 Å². The molecule has 4 aliphatic rings. The maximum absolute atomic E-state index is 14.1. The zero-order valence-corrected chi connectivity index (χ0v) is 26.1. The van der Waals surface area contributed by atoms with Gasteiger partial charge in [0.2, 0.25) is 11.8 Å². The molecule has 1 saturated heterocycles. The summed E-state index contributed by atoms with van der Waals surface area (Å²) in [5.41, 5.74) is -2.65. The number of rotatable bonds is 2. The van der Waals surface area contributed by atoms with Crippen molar-refractivity contribution in [1.82, 2.24) is 0 Å². The largest absolute Gasteiger partial charge is 0.507 e. The van der Waals surface area contributed by atoms with Gasteiger partial charge in [-0.15, -0.1) is 0 Å². The normalized spacial score (nSPS) is 29.6. The van der Waals surface area contributed by atoms with Crippen molar-refractivity contribution in [2.24, 2.45) is 29.1 Å². The van der Waals surface area contributed by atoms with E-state index in [1.165, 1.54) is 0 Å². The van der Waals surface area contributed by atoms with Crippen LogP contribution in [-0.2, 0) is 31.5 Å². The molecule has 0 bridgehead atoms. The number of Topliss-reactive ketones (excluding diaryl/α,β-unsaturated/α-hetero) is 2. The number of allylic oxidation sites excluding steroid dienone is 4. The topological polar surface area (TPSA) is 91.8 Å². The summed E-state index contributed by atoms with van der Waals surface area (Å²) in [5.74, 6) is -7.20. The Kier molecular flexibility index (Phi) is 7.23. The van der Waals surface area contributed by atoms with Gasteiger partial charge in [0, 0.05) is 11.8 Å². The number of imide groups is 1. The molecule has 0 spiro atoms. The van der Waals surface area contributed by atoms with Gasteiger partial charge in [0.05, 0.1) is 34.1 Å². The summed E-state index contributed by atoms with van der Waals surface area (Å²) in [6, 6.07) is 4.06. The van der Waals surface area contributed by atoms with Gasteiger partial charge in [0.1, 0.15) is 5.75 Å². The molecule has 1 saturated carbocycles. The molecule has 2 fully saturated rings. The monoisotopic (exact) mass is 659 g/mol. The number of fused-ring (bicyclic) bond motifs is 4. The number of anilines is 1. The fraction of sp³-hybridized carbons (Fsp3) is 0.429. The van der Waals surface area contributed by atoms with Gasteiger partial charge < -0.3 is 5.11 Å². The van der Waals surface area contributed by atoms with Gasteiger partial charge in [-0.05, 0) is 92.5 Å². The Morgan fingerprint density at radius 2 is 1.34 bits per heavy atom. The van der Waals surface area contributed by atoms with Crippen LogP contribution in [0.15, 0.2) is 53.1 Å². The quantitative estimate of drug-likeness (QED) is 0.206. The Morgan fingerprint density at radius 3 is 1.87 bits per heavy atom. The van der Waals surface area contributed by atoms with Gasteiger partial charge in [-0.1, -0.05) is 30.7 Å². The van der Waals surface area contributed by atoms with Crippen molar-refractivity contribution in [1.29, 1.82) is 0 Å². The zero-order valence-electron chi connectivity index (χ0n) is 26.1. The van der Waals surface area contributed by atoms with Crippen LogP contribution in [-0.4, -0.2) is 28.5 Å². The highest BCUT2D eigenvalue weighted by Crippen LogP contribution is 2.63. The molecule has 0 aromatic heterocycles. The van der Waals surface area contributed by atoms with Crippen LogP contribution in [0.3, 0.4) is 0 Å². The van der Waals surface area contributed by atoms with E-state index in [1.54, 1.807) is 52.8 Å². The van der Waals surface area contributed by atoms with Crippen molar-refractivity contribution < 1.29 is 50.6 Å². The molecule has 3 aliphatic carbocycles. The van der Waals surface area contributed by atoms with Gasteiger partial charge in [-0.25, -0.2) is 4.90 Å². The molecular formula is C35H31F6NO5. The number of phenolic OH excluding ortho intramolecular Hbond substituents is 1. The Morgan fingerprint density at radius 1 is 0.787 bits per heavy atom. The fourth-order valence-corrected chi connectivity index (χ4v) is 8.44. The predicted molar refractivity (Wildman–Crippen MR) is 157 cm³/mol. The molecular weight excluding hydrogens is 628 g/mol. The average Bonchev–Trinajstić information content (AvgIpc) is 3.25.